The molecule has 0 radical (unpaired) electrons. The smallest absolute Gasteiger partial charge is 0.0414 e. The van der Waals surface area contributed by atoms with Crippen molar-refractivity contribution in [1.29, 1.82) is 0 Å². The van der Waals surface area contributed by atoms with Gasteiger partial charge in [-0.05, 0) is 5.92 Å². The minimum Gasteiger partial charge on any atom is -0.0654 e. The van der Waals surface area contributed by atoms with Gasteiger partial charge in [-0.3, -0.25) is 0 Å². The molecule has 0 heteroatoms. The fourth-order valence-corrected chi connectivity index (χ4v) is 6.02. The molecular formula is C36H74. The average molecular weight is 507 g/mol. The Morgan fingerprint density at radius 2 is 0.389 bits per heavy atom. The van der Waals surface area contributed by atoms with Crippen LogP contribution in [0.1, 0.15) is 226 Å². The second-order valence-corrected chi connectivity index (χ2v) is 12.4. The fraction of sp³-hybridized carbons (Fsp3) is 1.00. The van der Waals surface area contributed by atoms with Crippen LogP contribution >= 0.6 is 0 Å². The summed E-state index contributed by atoms with van der Waals surface area (Å²) in [5.74, 6) is 1.04. The SMILES string of the molecule is CCCCCCCCCCCCCCCCC(CCCCCC)CCCCCCCCCCCCC. The minimum absolute atomic E-state index is 1.04. The summed E-state index contributed by atoms with van der Waals surface area (Å²) < 4.78 is 0. The van der Waals surface area contributed by atoms with Crippen molar-refractivity contribution >= 4 is 0 Å². The summed E-state index contributed by atoms with van der Waals surface area (Å²) in [4.78, 5) is 0. The van der Waals surface area contributed by atoms with Crippen LogP contribution in [0.5, 0.6) is 0 Å². The molecular weight excluding hydrogens is 432 g/mol. The number of hydrogen-bond donors (Lipinski definition) is 0. The molecule has 218 valence electrons. The van der Waals surface area contributed by atoms with E-state index in [2.05, 4.69) is 20.8 Å². The van der Waals surface area contributed by atoms with Gasteiger partial charge >= 0.3 is 0 Å². The number of unbranched alkanes of at least 4 members (excludes halogenated alkanes) is 26. The zero-order chi connectivity index (χ0) is 26.2. The van der Waals surface area contributed by atoms with Crippen LogP contribution in [0.25, 0.3) is 0 Å². The first kappa shape index (κ1) is 36.0. The Morgan fingerprint density at radius 3 is 0.611 bits per heavy atom. The van der Waals surface area contributed by atoms with Gasteiger partial charge in [0.25, 0.3) is 0 Å². The Balaban J connectivity index is 3.64. The average Bonchev–Trinajstić information content (AvgIpc) is 2.89. The molecule has 1 atom stereocenters. The van der Waals surface area contributed by atoms with Gasteiger partial charge in [-0.25, -0.2) is 0 Å². The Labute approximate surface area is 232 Å². The van der Waals surface area contributed by atoms with Crippen molar-refractivity contribution in [2.75, 3.05) is 0 Å². The van der Waals surface area contributed by atoms with Gasteiger partial charge in [-0.15, -0.1) is 0 Å². The van der Waals surface area contributed by atoms with E-state index in [1.807, 2.05) is 0 Å². The van der Waals surface area contributed by atoms with Gasteiger partial charge in [0, 0.05) is 0 Å². The van der Waals surface area contributed by atoms with Crippen LogP contribution in [0.4, 0.5) is 0 Å². The van der Waals surface area contributed by atoms with E-state index in [1.165, 1.54) is 205 Å². The van der Waals surface area contributed by atoms with Crippen LogP contribution in [0.2, 0.25) is 0 Å². The van der Waals surface area contributed by atoms with E-state index in [4.69, 9.17) is 0 Å². The highest BCUT2D eigenvalue weighted by Crippen LogP contribution is 2.25. The molecule has 0 aliphatic heterocycles. The molecule has 0 aromatic carbocycles. The summed E-state index contributed by atoms with van der Waals surface area (Å²) in [7, 11) is 0. The van der Waals surface area contributed by atoms with Crippen molar-refractivity contribution in [3.8, 4) is 0 Å². The third kappa shape index (κ3) is 30.2. The van der Waals surface area contributed by atoms with Crippen molar-refractivity contribution in [3.05, 3.63) is 0 Å². The molecule has 0 saturated heterocycles. The van der Waals surface area contributed by atoms with Gasteiger partial charge in [0.05, 0.1) is 0 Å². The summed E-state index contributed by atoms with van der Waals surface area (Å²) in [6, 6.07) is 0. The van der Waals surface area contributed by atoms with E-state index in [9.17, 15) is 0 Å². The molecule has 0 bridgehead atoms. The van der Waals surface area contributed by atoms with E-state index in [0.29, 0.717) is 0 Å². The van der Waals surface area contributed by atoms with Gasteiger partial charge in [-0.2, -0.15) is 0 Å². The molecule has 1 unspecified atom stereocenters. The van der Waals surface area contributed by atoms with Crippen molar-refractivity contribution in [2.24, 2.45) is 5.92 Å². The number of rotatable bonds is 32. The lowest BCUT2D eigenvalue weighted by atomic mass is 9.89. The first-order chi connectivity index (χ1) is 17.8. The van der Waals surface area contributed by atoms with Gasteiger partial charge in [0.15, 0.2) is 0 Å². The van der Waals surface area contributed by atoms with Crippen molar-refractivity contribution in [2.45, 2.75) is 226 Å². The lowest BCUT2D eigenvalue weighted by molar-refractivity contribution is 0.366. The predicted octanol–water partition coefficient (Wildman–Crippen LogP) is 14.1. The van der Waals surface area contributed by atoms with Crippen LogP contribution in [0.15, 0.2) is 0 Å². The molecule has 0 aliphatic rings. The van der Waals surface area contributed by atoms with E-state index < -0.39 is 0 Å². The summed E-state index contributed by atoms with van der Waals surface area (Å²) in [5.41, 5.74) is 0. The first-order valence-corrected chi connectivity index (χ1v) is 17.8. The topological polar surface area (TPSA) is 0 Å². The molecule has 0 amide bonds. The van der Waals surface area contributed by atoms with Crippen LogP contribution in [-0.4, -0.2) is 0 Å². The monoisotopic (exact) mass is 507 g/mol. The highest BCUT2D eigenvalue weighted by molar-refractivity contribution is 4.62. The Bertz CT molecular complexity index is 359. The van der Waals surface area contributed by atoms with Crippen molar-refractivity contribution < 1.29 is 0 Å². The largest absolute Gasteiger partial charge is 0.0654 e. The second kappa shape index (κ2) is 33.0. The van der Waals surface area contributed by atoms with Gasteiger partial charge in [0.2, 0.25) is 0 Å². The third-order valence-electron chi connectivity index (χ3n) is 8.65. The summed E-state index contributed by atoms with van der Waals surface area (Å²) >= 11 is 0. The molecule has 0 spiro atoms. The van der Waals surface area contributed by atoms with Crippen LogP contribution in [-0.2, 0) is 0 Å². The predicted molar refractivity (Wildman–Crippen MR) is 168 cm³/mol. The van der Waals surface area contributed by atoms with Gasteiger partial charge in [-0.1, -0.05) is 226 Å². The Morgan fingerprint density at radius 1 is 0.222 bits per heavy atom. The Kier molecular flexibility index (Phi) is 33.0. The van der Waals surface area contributed by atoms with Crippen molar-refractivity contribution in [3.63, 3.8) is 0 Å². The minimum atomic E-state index is 1.04. The first-order valence-electron chi connectivity index (χ1n) is 17.8. The zero-order valence-electron chi connectivity index (χ0n) is 26.2. The van der Waals surface area contributed by atoms with Crippen LogP contribution in [0.3, 0.4) is 0 Å². The van der Waals surface area contributed by atoms with Gasteiger partial charge < -0.3 is 0 Å². The highest BCUT2D eigenvalue weighted by Gasteiger charge is 2.08. The maximum atomic E-state index is 2.34. The molecule has 0 heterocycles. The molecule has 0 rings (SSSR count). The third-order valence-corrected chi connectivity index (χ3v) is 8.65. The zero-order valence-corrected chi connectivity index (χ0v) is 26.2. The van der Waals surface area contributed by atoms with Gasteiger partial charge in [0.1, 0.15) is 0 Å². The lowest BCUT2D eigenvalue weighted by Crippen LogP contribution is -2.01. The second-order valence-electron chi connectivity index (χ2n) is 12.4. The summed E-state index contributed by atoms with van der Waals surface area (Å²) in [5, 5.41) is 0. The highest BCUT2D eigenvalue weighted by atomic mass is 14.1. The molecule has 0 nitrogen and oxygen atoms in total. The fourth-order valence-electron chi connectivity index (χ4n) is 6.02. The molecule has 0 aromatic rings. The molecule has 0 aliphatic carbocycles. The van der Waals surface area contributed by atoms with Crippen molar-refractivity contribution in [1.82, 2.24) is 0 Å². The van der Waals surface area contributed by atoms with E-state index in [1.54, 1.807) is 0 Å². The maximum absolute atomic E-state index is 2.34. The number of hydrogen-bond acceptors (Lipinski definition) is 0. The van der Waals surface area contributed by atoms with E-state index in [-0.39, 0.29) is 0 Å². The molecule has 0 aromatic heterocycles. The lowest BCUT2D eigenvalue weighted by Gasteiger charge is -2.17. The molecule has 0 N–H and O–H groups in total. The quantitative estimate of drug-likeness (QED) is 0.0795. The standard InChI is InChI=1S/C36H74/c1-4-7-10-13-15-17-19-20-21-23-25-27-29-32-35-36(33-30-12-9-6-3)34-31-28-26-24-22-18-16-14-11-8-5-2/h36H,4-35H2,1-3H3. The van der Waals surface area contributed by atoms with Crippen LogP contribution in [0, 0.1) is 5.92 Å². The summed E-state index contributed by atoms with van der Waals surface area (Å²) in [6.07, 6.45) is 47.3. The molecule has 0 fully saturated rings. The summed E-state index contributed by atoms with van der Waals surface area (Å²) in [6.45, 7) is 6.97. The molecule has 0 saturated carbocycles. The normalized spacial score (nSPS) is 12.4. The molecule has 36 heavy (non-hydrogen) atoms. The van der Waals surface area contributed by atoms with Crippen LogP contribution < -0.4 is 0 Å². The maximum Gasteiger partial charge on any atom is -0.0414 e. The Hall–Kier alpha value is 0. The van der Waals surface area contributed by atoms with E-state index in [0.717, 1.165) is 5.92 Å². The van der Waals surface area contributed by atoms with E-state index >= 15 is 0 Å².